The summed E-state index contributed by atoms with van der Waals surface area (Å²) in [6.07, 6.45) is 5.50. The van der Waals surface area contributed by atoms with E-state index in [0.717, 1.165) is 28.1 Å². The van der Waals surface area contributed by atoms with Crippen LogP contribution in [-0.4, -0.2) is 22.9 Å². The summed E-state index contributed by atoms with van der Waals surface area (Å²) in [6.45, 7) is 2.58. The Bertz CT molecular complexity index is 646. The van der Waals surface area contributed by atoms with Crippen molar-refractivity contribution < 1.29 is 0 Å². The van der Waals surface area contributed by atoms with Crippen molar-refractivity contribution in [2.45, 2.75) is 25.8 Å². The lowest BCUT2D eigenvalue weighted by Gasteiger charge is -2.28. The second-order valence-electron chi connectivity index (χ2n) is 4.95. The van der Waals surface area contributed by atoms with Crippen LogP contribution in [0.25, 0.3) is 0 Å². The second-order valence-corrected chi connectivity index (χ2v) is 6.80. The Morgan fingerprint density at radius 2 is 2.10 bits per heavy atom. The molecule has 6 heteroatoms. The van der Waals surface area contributed by atoms with Gasteiger partial charge in [0, 0.05) is 28.5 Å². The molecule has 0 aromatic carbocycles. The molecule has 2 aromatic rings. The topological polar surface area (TPSA) is 38.1 Å². The van der Waals surface area contributed by atoms with E-state index in [9.17, 15) is 4.79 Å². The van der Waals surface area contributed by atoms with Crippen LogP contribution in [0.1, 0.15) is 24.1 Å². The lowest BCUT2D eigenvalue weighted by Crippen LogP contribution is -2.32. The molecule has 1 aliphatic heterocycles. The van der Waals surface area contributed by atoms with Gasteiger partial charge in [0.2, 0.25) is 0 Å². The molecular formula is C14H16BrN3OS. The second kappa shape index (κ2) is 6.10. The van der Waals surface area contributed by atoms with Gasteiger partial charge in [0.15, 0.2) is 0 Å². The van der Waals surface area contributed by atoms with Gasteiger partial charge in [0.05, 0.1) is 18.4 Å². The molecule has 0 aliphatic carbocycles. The average molecular weight is 354 g/mol. The van der Waals surface area contributed by atoms with E-state index >= 15 is 0 Å². The lowest BCUT2D eigenvalue weighted by atomic mass is 10.1. The summed E-state index contributed by atoms with van der Waals surface area (Å²) in [5, 5.41) is 6.32. The molecule has 0 spiro atoms. The van der Waals surface area contributed by atoms with E-state index in [2.05, 4.69) is 25.9 Å². The normalized spacial score (nSPS) is 15.6. The van der Waals surface area contributed by atoms with Crippen LogP contribution in [0.3, 0.4) is 0 Å². The maximum atomic E-state index is 12.2. The Labute approximate surface area is 130 Å². The Morgan fingerprint density at radius 1 is 1.30 bits per heavy atom. The molecule has 0 atom stereocenters. The maximum absolute atomic E-state index is 12.2. The number of nitrogens with zero attached hydrogens (tertiary/aromatic N) is 3. The zero-order valence-electron chi connectivity index (χ0n) is 11.1. The van der Waals surface area contributed by atoms with Gasteiger partial charge in [-0.15, -0.1) is 11.3 Å². The highest BCUT2D eigenvalue weighted by Crippen LogP contribution is 2.23. The quantitative estimate of drug-likeness (QED) is 0.850. The van der Waals surface area contributed by atoms with E-state index in [1.807, 2.05) is 17.6 Å². The highest BCUT2D eigenvalue weighted by molar-refractivity contribution is 9.10. The minimum absolute atomic E-state index is 0.0339. The van der Waals surface area contributed by atoms with E-state index in [4.69, 9.17) is 0 Å². The Hall–Kier alpha value is -1.14. The summed E-state index contributed by atoms with van der Waals surface area (Å²) in [4.78, 5) is 15.6. The first-order valence-electron chi connectivity index (χ1n) is 6.78. The molecule has 106 valence electrons. The molecule has 20 heavy (non-hydrogen) atoms. The van der Waals surface area contributed by atoms with Gasteiger partial charge in [0.1, 0.15) is 0 Å². The molecule has 3 rings (SSSR count). The van der Waals surface area contributed by atoms with Crippen LogP contribution in [0.15, 0.2) is 33.0 Å². The van der Waals surface area contributed by atoms with Crippen LogP contribution >= 0.6 is 27.3 Å². The van der Waals surface area contributed by atoms with Crippen LogP contribution in [0, 0.1) is 0 Å². The van der Waals surface area contributed by atoms with E-state index in [-0.39, 0.29) is 5.56 Å². The smallest absolute Gasteiger partial charge is 0.269 e. The predicted octanol–water partition coefficient (Wildman–Crippen LogP) is 3.11. The van der Waals surface area contributed by atoms with Gasteiger partial charge in [-0.25, -0.2) is 4.68 Å². The minimum atomic E-state index is -0.0339. The third-order valence-corrected chi connectivity index (χ3v) is 5.47. The number of thiophene rings is 1. The van der Waals surface area contributed by atoms with Crippen molar-refractivity contribution in [1.29, 1.82) is 0 Å². The summed E-state index contributed by atoms with van der Waals surface area (Å²) in [5.41, 5.74) is 0.921. The molecule has 1 aliphatic rings. The molecule has 2 aromatic heterocycles. The number of hydrogen-bond acceptors (Lipinski definition) is 4. The van der Waals surface area contributed by atoms with Crippen molar-refractivity contribution in [2.75, 3.05) is 18.0 Å². The van der Waals surface area contributed by atoms with E-state index < -0.39 is 0 Å². The minimum Gasteiger partial charge on any atom is -0.370 e. The number of hydrogen-bond donors (Lipinski definition) is 0. The van der Waals surface area contributed by atoms with Crippen molar-refractivity contribution in [1.82, 2.24) is 9.78 Å². The van der Waals surface area contributed by atoms with Crippen molar-refractivity contribution >= 4 is 33.0 Å². The van der Waals surface area contributed by atoms with Crippen molar-refractivity contribution in [3.63, 3.8) is 0 Å². The average Bonchev–Trinajstić information content (AvgIpc) is 2.87. The third kappa shape index (κ3) is 2.96. The first-order valence-corrected chi connectivity index (χ1v) is 8.45. The largest absolute Gasteiger partial charge is 0.370 e. The fourth-order valence-corrected chi connectivity index (χ4v) is 3.90. The Kier molecular flexibility index (Phi) is 4.21. The highest BCUT2D eigenvalue weighted by atomic mass is 79.9. The van der Waals surface area contributed by atoms with Crippen molar-refractivity contribution in [3.05, 3.63) is 43.4 Å². The van der Waals surface area contributed by atoms with Crippen LogP contribution in [-0.2, 0) is 6.54 Å². The third-order valence-electron chi connectivity index (χ3n) is 3.56. The molecular weight excluding hydrogens is 338 g/mol. The molecule has 0 saturated carbocycles. The van der Waals surface area contributed by atoms with E-state index in [1.165, 1.54) is 23.9 Å². The van der Waals surface area contributed by atoms with Crippen LogP contribution in [0.4, 0.5) is 5.69 Å². The molecule has 4 nitrogen and oxygen atoms in total. The molecule has 1 fully saturated rings. The number of halogens is 1. The van der Waals surface area contributed by atoms with Crippen molar-refractivity contribution in [3.8, 4) is 0 Å². The van der Waals surface area contributed by atoms with Gasteiger partial charge < -0.3 is 4.90 Å². The maximum Gasteiger partial charge on any atom is 0.269 e. The standard InChI is InChI=1S/C14H16BrN3OS/c15-12-4-7-20-13(12)10-18-14(19)8-11(9-16-18)17-5-2-1-3-6-17/h4,7-9H,1-3,5-6,10H2. The Balaban J connectivity index is 1.80. The highest BCUT2D eigenvalue weighted by Gasteiger charge is 2.13. The molecule has 1 saturated heterocycles. The van der Waals surface area contributed by atoms with E-state index in [0.29, 0.717) is 6.54 Å². The van der Waals surface area contributed by atoms with Gasteiger partial charge in [0.25, 0.3) is 5.56 Å². The van der Waals surface area contributed by atoms with E-state index in [1.54, 1.807) is 17.4 Å². The van der Waals surface area contributed by atoms with Gasteiger partial charge >= 0.3 is 0 Å². The first kappa shape index (κ1) is 13.8. The summed E-state index contributed by atoms with van der Waals surface area (Å²) < 4.78 is 2.56. The van der Waals surface area contributed by atoms with Gasteiger partial charge in [-0.05, 0) is 46.6 Å². The van der Waals surface area contributed by atoms with Gasteiger partial charge in [-0.1, -0.05) is 0 Å². The molecule has 0 unspecified atom stereocenters. The lowest BCUT2D eigenvalue weighted by molar-refractivity contribution is 0.572. The van der Waals surface area contributed by atoms with Crippen LogP contribution < -0.4 is 10.5 Å². The fraction of sp³-hybridized carbons (Fsp3) is 0.429. The zero-order valence-corrected chi connectivity index (χ0v) is 13.5. The molecule has 0 N–H and O–H groups in total. The predicted molar refractivity (Wildman–Crippen MR) is 85.7 cm³/mol. The van der Waals surface area contributed by atoms with Gasteiger partial charge in [-0.3, -0.25) is 4.79 Å². The summed E-state index contributed by atoms with van der Waals surface area (Å²) in [5.74, 6) is 0. The number of piperidine rings is 1. The summed E-state index contributed by atoms with van der Waals surface area (Å²) in [7, 11) is 0. The number of rotatable bonds is 3. The first-order chi connectivity index (χ1) is 9.74. The number of aromatic nitrogens is 2. The molecule has 3 heterocycles. The Morgan fingerprint density at radius 3 is 2.75 bits per heavy atom. The summed E-state index contributed by atoms with van der Waals surface area (Å²) >= 11 is 5.11. The molecule has 0 bridgehead atoms. The monoisotopic (exact) mass is 353 g/mol. The number of anilines is 1. The van der Waals surface area contributed by atoms with Crippen molar-refractivity contribution in [2.24, 2.45) is 0 Å². The molecule has 0 radical (unpaired) electrons. The van der Waals surface area contributed by atoms with Gasteiger partial charge in [-0.2, -0.15) is 5.10 Å². The van der Waals surface area contributed by atoms with Crippen LogP contribution in [0.2, 0.25) is 0 Å². The zero-order chi connectivity index (χ0) is 13.9. The summed E-state index contributed by atoms with van der Waals surface area (Å²) in [6, 6.07) is 3.70. The molecule has 0 amide bonds. The van der Waals surface area contributed by atoms with Crippen LogP contribution in [0.5, 0.6) is 0 Å². The SMILES string of the molecule is O=c1cc(N2CCCCC2)cnn1Cc1sccc1Br. The fourth-order valence-electron chi connectivity index (χ4n) is 2.44.